The van der Waals surface area contributed by atoms with Crippen molar-refractivity contribution in [1.29, 1.82) is 0 Å². The molecule has 1 aliphatic rings. The van der Waals surface area contributed by atoms with Gasteiger partial charge in [0.25, 0.3) is 0 Å². The second-order valence-electron chi connectivity index (χ2n) is 10.5. The van der Waals surface area contributed by atoms with Crippen LogP contribution in [0.3, 0.4) is 0 Å². The monoisotopic (exact) mass is 548 g/mol. The van der Waals surface area contributed by atoms with Gasteiger partial charge in [0.2, 0.25) is 0 Å². The molecule has 1 fully saturated rings. The smallest absolute Gasteiger partial charge is 0.412 e. The Bertz CT molecular complexity index is 1640. The molecular formula is C34H29ClN2O3. The number of hydrogen-bond acceptors (Lipinski definition) is 4. The Morgan fingerprint density at radius 1 is 0.850 bits per heavy atom. The molecule has 1 atom stereocenters. The van der Waals surface area contributed by atoms with E-state index in [1.54, 1.807) is 13.0 Å². The molecule has 5 aromatic rings. The van der Waals surface area contributed by atoms with Gasteiger partial charge in [-0.05, 0) is 47.9 Å². The van der Waals surface area contributed by atoms with Gasteiger partial charge in [0.05, 0.1) is 0 Å². The first-order chi connectivity index (χ1) is 19.4. The third kappa shape index (κ3) is 5.25. The van der Waals surface area contributed by atoms with E-state index < -0.39 is 12.2 Å². The highest BCUT2D eigenvalue weighted by molar-refractivity contribution is 6.31. The molecule has 1 aliphatic carbocycles. The number of ether oxygens (including phenoxy) is 1. The Kier molecular flexibility index (Phi) is 6.91. The molecule has 200 valence electrons. The number of anilines is 1. The lowest BCUT2D eigenvalue weighted by Gasteiger charge is -2.16. The highest BCUT2D eigenvalue weighted by Crippen LogP contribution is 2.47. The van der Waals surface area contributed by atoms with Crippen molar-refractivity contribution in [2.75, 3.05) is 5.32 Å². The van der Waals surface area contributed by atoms with Crippen molar-refractivity contribution in [1.82, 2.24) is 5.16 Å². The van der Waals surface area contributed by atoms with Gasteiger partial charge in [0.15, 0.2) is 5.76 Å². The van der Waals surface area contributed by atoms with Crippen LogP contribution in [0, 0.1) is 0 Å². The van der Waals surface area contributed by atoms with Crippen LogP contribution >= 0.6 is 11.6 Å². The van der Waals surface area contributed by atoms with Crippen LogP contribution < -0.4 is 5.32 Å². The van der Waals surface area contributed by atoms with Crippen LogP contribution in [-0.4, -0.2) is 11.2 Å². The summed E-state index contributed by atoms with van der Waals surface area (Å²) in [6, 6.07) is 33.8. The lowest BCUT2D eigenvalue weighted by molar-refractivity contribution is 0.121. The van der Waals surface area contributed by atoms with Gasteiger partial charge < -0.3 is 9.26 Å². The normalized spacial score (nSPS) is 14.4. The van der Waals surface area contributed by atoms with Crippen LogP contribution in [-0.2, 0) is 10.2 Å². The van der Waals surface area contributed by atoms with Gasteiger partial charge >= 0.3 is 6.09 Å². The first kappa shape index (κ1) is 25.9. The molecule has 1 N–H and O–H groups in total. The quantitative estimate of drug-likeness (QED) is 0.220. The summed E-state index contributed by atoms with van der Waals surface area (Å²) in [5.74, 6) is 0.449. The number of benzene rings is 4. The van der Waals surface area contributed by atoms with Gasteiger partial charge in [0, 0.05) is 21.7 Å². The molecule has 1 amide bonds. The van der Waals surface area contributed by atoms with Crippen molar-refractivity contribution < 1.29 is 14.1 Å². The van der Waals surface area contributed by atoms with Crippen LogP contribution in [0.5, 0.6) is 0 Å². The molecule has 0 spiro atoms. The van der Waals surface area contributed by atoms with Gasteiger partial charge in [-0.1, -0.05) is 121 Å². The highest BCUT2D eigenvalue weighted by Gasteiger charge is 2.38. The summed E-state index contributed by atoms with van der Waals surface area (Å²) in [7, 11) is 0. The van der Waals surface area contributed by atoms with E-state index in [-0.39, 0.29) is 0 Å². The fourth-order valence-corrected chi connectivity index (χ4v) is 5.20. The molecule has 0 saturated heterocycles. The maximum Gasteiger partial charge on any atom is 0.412 e. The molecule has 1 aromatic heterocycles. The summed E-state index contributed by atoms with van der Waals surface area (Å²) in [6.07, 6.45) is 1.33. The van der Waals surface area contributed by atoms with E-state index in [9.17, 15) is 4.79 Å². The predicted octanol–water partition coefficient (Wildman–Crippen LogP) is 9.69. The highest BCUT2D eigenvalue weighted by atomic mass is 35.5. The minimum absolute atomic E-state index is 0.348. The van der Waals surface area contributed by atoms with Crippen molar-refractivity contribution in [2.45, 2.75) is 38.2 Å². The molecule has 5 nitrogen and oxygen atoms in total. The van der Waals surface area contributed by atoms with Crippen LogP contribution in [0.2, 0.25) is 5.02 Å². The van der Waals surface area contributed by atoms with Crippen molar-refractivity contribution in [3.05, 3.63) is 119 Å². The summed E-state index contributed by atoms with van der Waals surface area (Å²) >= 11 is 6.31. The number of nitrogens with one attached hydrogen (secondary N) is 1. The molecule has 6 heteroatoms. The number of nitrogens with zero attached hydrogens (tertiary/aromatic N) is 1. The molecule has 40 heavy (non-hydrogen) atoms. The maximum atomic E-state index is 13.1. The molecule has 0 bridgehead atoms. The Balaban J connectivity index is 1.28. The zero-order chi connectivity index (χ0) is 27.7. The Labute approximate surface area is 238 Å². The first-order valence-electron chi connectivity index (χ1n) is 13.4. The van der Waals surface area contributed by atoms with Gasteiger partial charge in [-0.3, -0.25) is 5.32 Å². The minimum Gasteiger partial charge on any atom is -0.441 e. The predicted molar refractivity (Wildman–Crippen MR) is 159 cm³/mol. The van der Waals surface area contributed by atoms with Crippen LogP contribution in [0.1, 0.15) is 43.9 Å². The van der Waals surface area contributed by atoms with Gasteiger partial charge in [-0.2, -0.15) is 0 Å². The summed E-state index contributed by atoms with van der Waals surface area (Å²) in [4.78, 5) is 13.1. The lowest BCUT2D eigenvalue weighted by Crippen LogP contribution is -2.16. The fourth-order valence-electron chi connectivity index (χ4n) is 4.91. The summed E-state index contributed by atoms with van der Waals surface area (Å²) in [5.41, 5.74) is 7.28. The van der Waals surface area contributed by atoms with Gasteiger partial charge in [0.1, 0.15) is 17.5 Å². The van der Waals surface area contributed by atoms with E-state index in [1.807, 2.05) is 60.7 Å². The molecule has 0 aliphatic heterocycles. The fraction of sp³-hybridized carbons (Fsp3) is 0.176. The van der Waals surface area contributed by atoms with Gasteiger partial charge in [-0.15, -0.1) is 0 Å². The van der Waals surface area contributed by atoms with Crippen molar-refractivity contribution in [3.8, 4) is 33.7 Å². The zero-order valence-corrected chi connectivity index (χ0v) is 23.1. The second-order valence-corrected chi connectivity index (χ2v) is 10.9. The van der Waals surface area contributed by atoms with Gasteiger partial charge in [-0.25, -0.2) is 4.79 Å². The Morgan fingerprint density at radius 2 is 1.45 bits per heavy atom. The van der Waals surface area contributed by atoms with E-state index in [0.29, 0.717) is 27.6 Å². The summed E-state index contributed by atoms with van der Waals surface area (Å²) in [6.45, 7) is 4.10. The van der Waals surface area contributed by atoms with E-state index in [0.717, 1.165) is 27.8 Å². The molecule has 4 aromatic carbocycles. The summed E-state index contributed by atoms with van der Waals surface area (Å²) in [5, 5.41) is 7.75. The number of hydrogen-bond donors (Lipinski definition) is 1. The molecule has 0 radical (unpaired) electrons. The van der Waals surface area contributed by atoms with Crippen LogP contribution in [0.4, 0.5) is 10.5 Å². The standard InChI is InChI=1S/C34H29ClN2O3/c1-22(28-10-6-7-11-29(28)35)39-33(38)36-31-30(25-8-4-3-5-9-25)37-40-32(31)26-14-12-23(13-15-26)24-16-18-27(19-17-24)34(2)20-21-34/h3-19,22H,20-21H2,1-2H3,(H,36,38)/t22-/m1/s1. The third-order valence-electron chi connectivity index (χ3n) is 7.66. The minimum atomic E-state index is -0.630. The average Bonchev–Trinajstić information content (AvgIpc) is 3.60. The van der Waals surface area contributed by atoms with Crippen molar-refractivity contribution in [2.24, 2.45) is 0 Å². The number of carbonyl (C=O) groups excluding carboxylic acids is 1. The molecular weight excluding hydrogens is 520 g/mol. The number of rotatable bonds is 7. The number of amides is 1. The molecule has 1 heterocycles. The van der Waals surface area contributed by atoms with E-state index in [1.165, 1.54) is 18.4 Å². The lowest BCUT2D eigenvalue weighted by atomic mass is 9.95. The van der Waals surface area contributed by atoms with E-state index >= 15 is 0 Å². The Morgan fingerprint density at radius 3 is 2.10 bits per heavy atom. The maximum absolute atomic E-state index is 13.1. The topological polar surface area (TPSA) is 64.4 Å². The molecule has 0 unspecified atom stereocenters. The van der Waals surface area contributed by atoms with Crippen LogP contribution in [0.25, 0.3) is 33.7 Å². The number of aromatic nitrogens is 1. The molecule has 6 rings (SSSR count). The SMILES string of the molecule is C[C@@H](OC(=O)Nc1c(-c2ccccc2)noc1-c1ccc(-c2ccc(C3(C)CC3)cc2)cc1)c1ccccc1Cl. The number of carbonyl (C=O) groups is 1. The Hall–Kier alpha value is -4.35. The van der Waals surface area contributed by atoms with E-state index in [2.05, 4.69) is 53.8 Å². The first-order valence-corrected chi connectivity index (χ1v) is 13.8. The average molecular weight is 549 g/mol. The summed E-state index contributed by atoms with van der Waals surface area (Å²) < 4.78 is 11.5. The van der Waals surface area contributed by atoms with Crippen molar-refractivity contribution in [3.63, 3.8) is 0 Å². The zero-order valence-electron chi connectivity index (χ0n) is 22.4. The molecule has 1 saturated carbocycles. The van der Waals surface area contributed by atoms with Crippen LogP contribution in [0.15, 0.2) is 108 Å². The van der Waals surface area contributed by atoms with E-state index in [4.69, 9.17) is 20.9 Å². The third-order valence-corrected chi connectivity index (χ3v) is 8.00. The number of halogens is 1. The second kappa shape index (κ2) is 10.7. The largest absolute Gasteiger partial charge is 0.441 e. The van der Waals surface area contributed by atoms with Crippen molar-refractivity contribution >= 4 is 23.4 Å².